The molecular formula is C94H116N16O16S4. The van der Waals surface area contributed by atoms with Crippen molar-refractivity contribution in [1.82, 2.24) is 59.8 Å². The van der Waals surface area contributed by atoms with E-state index in [2.05, 4.69) is 91.5 Å². The van der Waals surface area contributed by atoms with Crippen LogP contribution in [-0.2, 0) is 103 Å². The molecule has 0 N–H and O–H groups in total. The van der Waals surface area contributed by atoms with E-state index < -0.39 is 58.3 Å². The Labute approximate surface area is 761 Å². The molecule has 16 heterocycles. The third kappa shape index (κ3) is 17.5. The Morgan fingerprint density at radius 3 is 0.777 bits per heavy atom. The molecule has 692 valence electrons. The summed E-state index contributed by atoms with van der Waals surface area (Å²) in [7, 11) is -10.1. The van der Waals surface area contributed by atoms with Crippen LogP contribution in [0, 0.1) is 0 Å². The molecule has 8 saturated heterocycles. The quantitative estimate of drug-likeness (QED) is 0.0770. The number of fused-ring (bicyclic) bond motifs is 4. The van der Waals surface area contributed by atoms with E-state index in [-0.39, 0.29) is 47.2 Å². The predicted molar refractivity (Wildman–Crippen MR) is 499 cm³/mol. The minimum absolute atomic E-state index is 0.129. The van der Waals surface area contributed by atoms with Crippen molar-refractivity contribution >= 4 is 86.9 Å². The predicted octanol–water partition coefficient (Wildman–Crippen LogP) is 11.8. The first-order valence-corrected chi connectivity index (χ1v) is 51.9. The van der Waals surface area contributed by atoms with Gasteiger partial charge in [-0.3, -0.25) is 0 Å². The average Bonchev–Trinajstić information content (AvgIpc) is 1.68. The van der Waals surface area contributed by atoms with Gasteiger partial charge in [0.2, 0.25) is 23.5 Å². The number of methoxy groups -OCH3 is 2. The van der Waals surface area contributed by atoms with E-state index >= 15 is 0 Å². The van der Waals surface area contributed by atoms with Crippen molar-refractivity contribution in [2.45, 2.75) is 189 Å². The van der Waals surface area contributed by atoms with Gasteiger partial charge < -0.3 is 57.5 Å². The molecule has 8 aliphatic heterocycles. The Morgan fingerprint density at radius 1 is 0.338 bits per heavy atom. The van der Waals surface area contributed by atoms with E-state index in [9.17, 15) is 33.7 Å². The Hall–Kier alpha value is -10.1. The molecule has 8 aromatic rings. The summed E-state index contributed by atoms with van der Waals surface area (Å²) in [5, 5.41) is 0. The summed E-state index contributed by atoms with van der Waals surface area (Å²) in [5.41, 5.74) is 13.0. The standard InChI is InChI=1S/2C24H30N4O4S.2C23H28N4O4S/c2*1-4-32-22-13-18(17-7-5-8-19(17)25-22)23-26-20(24(3)9-6-12-33(24,29)30)14-21(27-23)28-10-11-31-15-16(28)2;2*1-15-14-31-10-9-27(15)20-13-19(23(2)8-5-11-32(23,28)29)25-22(26-20)17-12-21(30-3)24-18-7-4-6-16(17)18/h2*5,7,13-14,16H,4,6,8-12,15H2,1-3H3;2*4,6,12-13,15H,5,7-11,14H2,1-3H3/t16-,24+;16-,24-;15-,23+;15-,23-/m1111/s1. The highest BCUT2D eigenvalue weighted by atomic mass is 32.2. The molecule has 4 aliphatic carbocycles. The maximum absolute atomic E-state index is 13.1. The van der Waals surface area contributed by atoms with Crippen LogP contribution in [0.2, 0.25) is 0 Å². The van der Waals surface area contributed by atoms with Crippen molar-refractivity contribution < 1.29 is 71.6 Å². The molecule has 0 radical (unpaired) electrons. The smallest absolute Gasteiger partial charge is 0.214 e. The summed E-state index contributed by atoms with van der Waals surface area (Å²) < 4.78 is 145. The monoisotopic (exact) mass is 1850 g/mol. The third-order valence-electron chi connectivity index (χ3n) is 27.5. The molecule has 32 nitrogen and oxygen atoms in total. The Bertz CT molecular complexity index is 5950. The maximum atomic E-state index is 13.1. The van der Waals surface area contributed by atoms with Crippen molar-refractivity contribution in [3.63, 3.8) is 0 Å². The molecule has 36 heteroatoms. The van der Waals surface area contributed by atoms with Gasteiger partial charge in [0, 0.05) is 145 Å². The first kappa shape index (κ1) is 91.8. The number of pyridine rings is 4. The molecule has 0 saturated carbocycles. The molecule has 8 aromatic heterocycles. The van der Waals surface area contributed by atoms with Crippen LogP contribution < -0.4 is 38.5 Å². The number of allylic oxidation sites excluding steroid dienone is 4. The number of hydrogen-bond acceptors (Lipinski definition) is 32. The summed E-state index contributed by atoms with van der Waals surface area (Å²) in [4.78, 5) is 66.3. The summed E-state index contributed by atoms with van der Waals surface area (Å²) in [6, 6.07) is 15.4. The zero-order valence-electron chi connectivity index (χ0n) is 76.1. The number of aromatic nitrogens is 12. The number of nitrogens with zero attached hydrogens (tertiary/aromatic N) is 16. The lowest BCUT2D eigenvalue weighted by molar-refractivity contribution is 0.0985. The second-order valence-electron chi connectivity index (χ2n) is 36.0. The van der Waals surface area contributed by atoms with Crippen molar-refractivity contribution in [3.8, 4) is 69.1 Å². The highest BCUT2D eigenvalue weighted by Gasteiger charge is 2.51. The van der Waals surface area contributed by atoms with Crippen LogP contribution in [0.5, 0.6) is 23.5 Å². The van der Waals surface area contributed by atoms with Crippen LogP contribution in [0.15, 0.2) is 72.8 Å². The summed E-state index contributed by atoms with van der Waals surface area (Å²) in [6.07, 6.45) is 24.0. The van der Waals surface area contributed by atoms with E-state index in [0.717, 1.165) is 116 Å². The molecule has 12 aliphatic rings. The number of hydrogen-bond donors (Lipinski definition) is 0. The van der Waals surface area contributed by atoms with Crippen molar-refractivity contribution in [3.05, 3.63) is 141 Å². The SMILES string of the molecule is CCOc1cc(-c2nc(N3CCOC[C@H]3C)cc([C@@]3(C)CCCS3(=O)=O)n2)c2c(n1)CC=C2.CCOc1cc(-c2nc(N3CCOC[C@H]3C)cc([C@]3(C)CCCS3(=O)=O)n2)c2c(n1)CC=C2.COc1cc(-c2nc(N3CCOC[C@H]3C)cc([C@@]3(C)CCCS3(=O)=O)n2)c2c(n1)CC=C2.COc1cc(-c2nc(N3CCOC[C@H]3C)cc([C@]3(C)CCCS3(=O)=O)n2)c2c(n1)CC=C2. The van der Waals surface area contributed by atoms with E-state index in [4.69, 9.17) is 77.8 Å². The molecule has 8 atom stereocenters. The van der Waals surface area contributed by atoms with Crippen LogP contribution in [0.25, 0.3) is 69.9 Å². The normalized spacial score (nSPS) is 26.1. The zero-order chi connectivity index (χ0) is 91.5. The lowest BCUT2D eigenvalue weighted by Gasteiger charge is -2.35. The van der Waals surface area contributed by atoms with Gasteiger partial charge in [0.15, 0.2) is 62.6 Å². The topological polar surface area (TPSA) is 378 Å². The van der Waals surface area contributed by atoms with Crippen LogP contribution in [0.3, 0.4) is 0 Å². The van der Waals surface area contributed by atoms with Crippen LogP contribution in [0.4, 0.5) is 23.3 Å². The average molecular weight is 1850 g/mol. The maximum Gasteiger partial charge on any atom is 0.214 e. The van der Waals surface area contributed by atoms with Gasteiger partial charge >= 0.3 is 0 Å². The van der Waals surface area contributed by atoms with Gasteiger partial charge in [-0.15, -0.1) is 0 Å². The Morgan fingerprint density at radius 2 is 0.569 bits per heavy atom. The van der Waals surface area contributed by atoms with Gasteiger partial charge in [-0.2, -0.15) is 0 Å². The number of sulfone groups is 4. The highest BCUT2D eigenvalue weighted by Crippen LogP contribution is 2.49. The fourth-order valence-corrected chi connectivity index (χ4v) is 26.9. The number of anilines is 4. The number of ether oxygens (including phenoxy) is 8. The van der Waals surface area contributed by atoms with Crippen LogP contribution >= 0.6 is 0 Å². The van der Waals surface area contributed by atoms with Gasteiger partial charge in [0.05, 0.1) is 173 Å². The lowest BCUT2D eigenvalue weighted by atomic mass is 10.00. The first-order valence-electron chi connectivity index (χ1n) is 45.3. The summed E-state index contributed by atoms with van der Waals surface area (Å²) in [6.45, 7) is 28.0. The van der Waals surface area contributed by atoms with E-state index in [1.165, 1.54) is 0 Å². The molecule has 0 unspecified atom stereocenters. The molecule has 0 spiro atoms. The molecule has 20 rings (SSSR count). The summed E-state index contributed by atoms with van der Waals surface area (Å²) in [5.74, 6) is 7.77. The van der Waals surface area contributed by atoms with E-state index in [0.29, 0.717) is 213 Å². The second-order valence-corrected chi connectivity index (χ2v) is 46.2. The number of morpholine rings is 4. The third-order valence-corrected chi connectivity index (χ3v) is 37.9. The minimum Gasteiger partial charge on any atom is -0.481 e. The highest BCUT2D eigenvalue weighted by molar-refractivity contribution is 7.93. The van der Waals surface area contributed by atoms with Gasteiger partial charge in [-0.1, -0.05) is 48.6 Å². The Kier molecular flexibility index (Phi) is 26.0. The zero-order valence-corrected chi connectivity index (χ0v) is 79.3. The molecule has 0 aromatic carbocycles. The molecular weight excluding hydrogens is 1740 g/mol. The largest absolute Gasteiger partial charge is 0.481 e. The van der Waals surface area contributed by atoms with Crippen molar-refractivity contribution in [2.75, 3.05) is 149 Å². The van der Waals surface area contributed by atoms with Crippen LogP contribution in [0.1, 0.15) is 188 Å². The summed E-state index contributed by atoms with van der Waals surface area (Å²) >= 11 is 0. The van der Waals surface area contributed by atoms with E-state index in [1.807, 2.05) is 86.7 Å². The molecule has 130 heavy (non-hydrogen) atoms. The molecule has 8 fully saturated rings. The van der Waals surface area contributed by atoms with Gasteiger partial charge in [0.25, 0.3) is 0 Å². The van der Waals surface area contributed by atoms with Gasteiger partial charge in [-0.05, 0) is 121 Å². The fraction of sp³-hybridized carbons (Fsp3) is 0.532. The minimum atomic E-state index is -3.31. The van der Waals surface area contributed by atoms with Crippen molar-refractivity contribution in [2.24, 2.45) is 0 Å². The molecule has 0 bridgehead atoms. The van der Waals surface area contributed by atoms with Crippen LogP contribution in [-0.4, -0.2) is 247 Å². The number of rotatable bonds is 18. The van der Waals surface area contributed by atoms with E-state index in [1.54, 1.807) is 41.9 Å². The fourth-order valence-electron chi connectivity index (χ4n) is 19.5. The second kappa shape index (κ2) is 36.8. The van der Waals surface area contributed by atoms with Gasteiger partial charge in [0.1, 0.15) is 42.3 Å². The van der Waals surface area contributed by atoms with Gasteiger partial charge in [-0.25, -0.2) is 93.5 Å². The Balaban J connectivity index is 0.000000121. The molecule has 0 amide bonds. The first-order chi connectivity index (χ1) is 62.3. The van der Waals surface area contributed by atoms with Crippen molar-refractivity contribution in [1.29, 1.82) is 0 Å². The lowest BCUT2D eigenvalue weighted by Crippen LogP contribution is -2.44.